The van der Waals surface area contributed by atoms with Gasteiger partial charge in [0.15, 0.2) is 0 Å². The van der Waals surface area contributed by atoms with Crippen molar-refractivity contribution in [2.45, 2.75) is 6.92 Å². The first-order valence-corrected chi connectivity index (χ1v) is 5.36. The van der Waals surface area contributed by atoms with Gasteiger partial charge in [0.1, 0.15) is 5.82 Å². The van der Waals surface area contributed by atoms with Gasteiger partial charge in [-0.3, -0.25) is 4.68 Å². The predicted octanol–water partition coefficient (Wildman–Crippen LogP) is 2.50. The van der Waals surface area contributed by atoms with Crippen molar-refractivity contribution in [1.82, 2.24) is 9.78 Å². The van der Waals surface area contributed by atoms with Crippen LogP contribution >= 0.6 is 11.3 Å². The van der Waals surface area contributed by atoms with Crippen molar-refractivity contribution in [2.24, 2.45) is 7.05 Å². The van der Waals surface area contributed by atoms with Crippen LogP contribution in [0.1, 0.15) is 5.56 Å². The van der Waals surface area contributed by atoms with Gasteiger partial charge in [-0.15, -0.1) is 11.3 Å². The van der Waals surface area contributed by atoms with Crippen LogP contribution in [0.25, 0.3) is 10.6 Å². The van der Waals surface area contributed by atoms with Crippen LogP contribution in [0.3, 0.4) is 0 Å². The lowest BCUT2D eigenvalue weighted by Crippen LogP contribution is -1.94. The second kappa shape index (κ2) is 3.46. The summed E-state index contributed by atoms with van der Waals surface area (Å²) in [5, 5.41) is 9.49. The van der Waals surface area contributed by atoms with Crippen LogP contribution in [-0.2, 0) is 7.05 Å². The maximum absolute atomic E-state index is 4.34. The van der Waals surface area contributed by atoms with Gasteiger partial charge in [0.2, 0.25) is 0 Å². The quantitative estimate of drug-likeness (QED) is 0.820. The van der Waals surface area contributed by atoms with Crippen LogP contribution in [0, 0.1) is 6.92 Å². The molecule has 0 aliphatic heterocycles. The van der Waals surface area contributed by atoms with E-state index in [2.05, 4.69) is 34.9 Å². The van der Waals surface area contributed by atoms with Crippen molar-refractivity contribution in [1.29, 1.82) is 0 Å². The van der Waals surface area contributed by atoms with Gasteiger partial charge in [0.05, 0.1) is 10.6 Å². The Morgan fingerprint density at radius 2 is 2.29 bits per heavy atom. The van der Waals surface area contributed by atoms with Crippen molar-refractivity contribution in [2.75, 3.05) is 12.4 Å². The highest BCUT2D eigenvalue weighted by molar-refractivity contribution is 7.13. The molecule has 0 unspecified atom stereocenters. The average molecular weight is 207 g/mol. The fourth-order valence-corrected chi connectivity index (χ4v) is 2.41. The van der Waals surface area contributed by atoms with Crippen LogP contribution < -0.4 is 5.32 Å². The van der Waals surface area contributed by atoms with Crippen molar-refractivity contribution in [3.8, 4) is 10.6 Å². The zero-order valence-electron chi connectivity index (χ0n) is 8.53. The molecule has 2 aromatic rings. The van der Waals surface area contributed by atoms with Crippen LogP contribution in [0.5, 0.6) is 0 Å². The van der Waals surface area contributed by atoms with E-state index in [9.17, 15) is 0 Å². The fraction of sp³-hybridized carbons (Fsp3) is 0.300. The molecule has 0 aliphatic carbocycles. The highest BCUT2D eigenvalue weighted by atomic mass is 32.1. The summed E-state index contributed by atoms with van der Waals surface area (Å²) in [6.45, 7) is 2.12. The van der Waals surface area contributed by atoms with E-state index in [0.717, 1.165) is 5.82 Å². The van der Waals surface area contributed by atoms with Gasteiger partial charge in [-0.1, -0.05) is 0 Å². The number of hydrogen-bond acceptors (Lipinski definition) is 3. The Hall–Kier alpha value is -1.29. The summed E-state index contributed by atoms with van der Waals surface area (Å²) in [5.41, 5.74) is 2.47. The third kappa shape index (κ3) is 1.42. The van der Waals surface area contributed by atoms with Crippen molar-refractivity contribution in [3.05, 3.63) is 23.1 Å². The molecule has 0 radical (unpaired) electrons. The Kier molecular flexibility index (Phi) is 2.29. The van der Waals surface area contributed by atoms with Crippen molar-refractivity contribution in [3.63, 3.8) is 0 Å². The Labute approximate surface area is 87.4 Å². The first-order valence-electron chi connectivity index (χ1n) is 4.48. The Morgan fingerprint density at radius 1 is 1.50 bits per heavy atom. The molecule has 0 saturated carbocycles. The summed E-state index contributed by atoms with van der Waals surface area (Å²) in [4.78, 5) is 1.29. The molecule has 2 aromatic heterocycles. The molecule has 0 fully saturated rings. The maximum atomic E-state index is 4.34. The van der Waals surface area contributed by atoms with E-state index in [1.54, 1.807) is 11.3 Å². The van der Waals surface area contributed by atoms with Gasteiger partial charge >= 0.3 is 0 Å². The maximum Gasteiger partial charge on any atom is 0.148 e. The molecule has 0 saturated heterocycles. The number of anilines is 1. The summed E-state index contributed by atoms with van der Waals surface area (Å²) in [7, 11) is 3.85. The molecule has 74 valence electrons. The van der Waals surface area contributed by atoms with Crippen LogP contribution in [0.2, 0.25) is 0 Å². The van der Waals surface area contributed by atoms with E-state index in [0.29, 0.717) is 0 Å². The third-order valence-corrected chi connectivity index (χ3v) is 3.27. The summed E-state index contributed by atoms with van der Waals surface area (Å²) >= 11 is 1.75. The molecule has 2 rings (SSSR count). The molecule has 0 atom stereocenters. The smallest absolute Gasteiger partial charge is 0.148 e. The second-order valence-electron chi connectivity index (χ2n) is 3.22. The lowest BCUT2D eigenvalue weighted by atomic mass is 10.2. The number of thiophene rings is 1. The molecular weight excluding hydrogens is 194 g/mol. The summed E-state index contributed by atoms with van der Waals surface area (Å²) in [5.74, 6) is 0.912. The van der Waals surface area contributed by atoms with Gasteiger partial charge < -0.3 is 5.32 Å². The van der Waals surface area contributed by atoms with E-state index in [1.807, 2.05) is 18.8 Å². The highest BCUT2D eigenvalue weighted by Gasteiger charge is 2.09. The van der Waals surface area contributed by atoms with E-state index in [4.69, 9.17) is 0 Å². The largest absolute Gasteiger partial charge is 0.372 e. The first kappa shape index (κ1) is 9.27. The minimum atomic E-state index is 0.912. The molecule has 0 aliphatic rings. The van der Waals surface area contributed by atoms with E-state index >= 15 is 0 Å². The Morgan fingerprint density at radius 3 is 2.79 bits per heavy atom. The fourth-order valence-electron chi connectivity index (χ4n) is 1.44. The monoisotopic (exact) mass is 207 g/mol. The average Bonchev–Trinajstić information content (AvgIpc) is 2.72. The molecule has 0 aromatic carbocycles. The topological polar surface area (TPSA) is 29.9 Å². The lowest BCUT2D eigenvalue weighted by molar-refractivity contribution is 0.779. The van der Waals surface area contributed by atoms with Crippen LogP contribution in [0.4, 0.5) is 5.82 Å². The molecule has 3 nitrogen and oxygen atoms in total. The molecule has 0 amide bonds. The number of rotatable bonds is 2. The SMILES string of the molecule is CNc1cc(-c2sccc2C)n(C)n1. The molecule has 4 heteroatoms. The Balaban J connectivity index is 2.51. The Bertz CT molecular complexity index is 442. The minimum absolute atomic E-state index is 0.912. The molecule has 1 N–H and O–H groups in total. The van der Waals surface area contributed by atoms with Gasteiger partial charge in [0.25, 0.3) is 0 Å². The molecule has 14 heavy (non-hydrogen) atoms. The number of aryl methyl sites for hydroxylation is 2. The van der Waals surface area contributed by atoms with E-state index in [-0.39, 0.29) is 0 Å². The zero-order chi connectivity index (χ0) is 10.1. The number of nitrogens with one attached hydrogen (secondary N) is 1. The standard InChI is InChI=1S/C10H13N3S/c1-7-4-5-14-10(7)8-6-9(11-2)12-13(8)3/h4-6H,1-3H3,(H,11,12). The van der Waals surface area contributed by atoms with E-state index < -0.39 is 0 Å². The summed E-state index contributed by atoms with van der Waals surface area (Å²) in [6.07, 6.45) is 0. The van der Waals surface area contributed by atoms with Gasteiger partial charge in [-0.05, 0) is 23.9 Å². The van der Waals surface area contributed by atoms with Crippen LogP contribution in [0.15, 0.2) is 17.5 Å². The minimum Gasteiger partial charge on any atom is -0.372 e. The van der Waals surface area contributed by atoms with Gasteiger partial charge in [0, 0.05) is 20.2 Å². The number of nitrogens with zero attached hydrogens (tertiary/aromatic N) is 2. The molecule has 2 heterocycles. The molecular formula is C10H13N3S. The highest BCUT2D eigenvalue weighted by Crippen LogP contribution is 2.29. The third-order valence-electron chi connectivity index (χ3n) is 2.23. The second-order valence-corrected chi connectivity index (χ2v) is 4.14. The number of hydrogen-bond donors (Lipinski definition) is 1. The van der Waals surface area contributed by atoms with Gasteiger partial charge in [-0.2, -0.15) is 5.10 Å². The lowest BCUT2D eigenvalue weighted by Gasteiger charge is -1.98. The van der Waals surface area contributed by atoms with E-state index in [1.165, 1.54) is 16.1 Å². The zero-order valence-corrected chi connectivity index (χ0v) is 9.35. The van der Waals surface area contributed by atoms with Crippen LogP contribution in [-0.4, -0.2) is 16.8 Å². The normalized spacial score (nSPS) is 10.5. The summed E-state index contributed by atoms with van der Waals surface area (Å²) < 4.78 is 1.91. The predicted molar refractivity (Wildman–Crippen MR) is 60.8 cm³/mol. The number of aromatic nitrogens is 2. The summed E-state index contributed by atoms with van der Waals surface area (Å²) in [6, 6.07) is 4.20. The molecule has 0 bridgehead atoms. The first-order chi connectivity index (χ1) is 6.72. The molecule has 0 spiro atoms. The van der Waals surface area contributed by atoms with Crippen molar-refractivity contribution < 1.29 is 0 Å². The van der Waals surface area contributed by atoms with Crippen molar-refractivity contribution >= 4 is 17.2 Å². The van der Waals surface area contributed by atoms with Gasteiger partial charge in [-0.25, -0.2) is 0 Å².